The van der Waals surface area contributed by atoms with E-state index < -0.39 is 29.6 Å². The number of rotatable bonds is 10. The number of carbonyl (C=O) groups excluding carboxylic acids is 2. The van der Waals surface area contributed by atoms with E-state index in [4.69, 9.17) is 10.00 Å². The number of hydrogen-bond acceptors (Lipinski definition) is 5. The van der Waals surface area contributed by atoms with Crippen molar-refractivity contribution in [3.8, 4) is 17.2 Å². The summed E-state index contributed by atoms with van der Waals surface area (Å²) < 4.78 is 5.55. The number of ether oxygens (including phenoxy) is 1. The van der Waals surface area contributed by atoms with Crippen molar-refractivity contribution in [1.29, 1.82) is 5.26 Å². The van der Waals surface area contributed by atoms with E-state index in [2.05, 4.69) is 10.6 Å². The summed E-state index contributed by atoms with van der Waals surface area (Å²) in [7, 11) is 0. The molecule has 1 saturated carbocycles. The number of carboxylic acids is 1. The van der Waals surface area contributed by atoms with E-state index in [1.165, 1.54) is 6.92 Å². The van der Waals surface area contributed by atoms with Crippen molar-refractivity contribution in [1.82, 2.24) is 10.6 Å². The summed E-state index contributed by atoms with van der Waals surface area (Å²) >= 11 is 0. The first-order chi connectivity index (χ1) is 16.8. The molecule has 2 aromatic carbocycles. The molecule has 0 spiro atoms. The van der Waals surface area contributed by atoms with E-state index >= 15 is 0 Å². The molecule has 0 bridgehead atoms. The molecule has 3 N–H and O–H groups in total. The maximum atomic E-state index is 13.0. The largest absolute Gasteiger partial charge is 0.480 e. The molecule has 4 rings (SSSR count). The lowest BCUT2D eigenvalue weighted by molar-refractivity contribution is -0.148. The first-order valence-corrected chi connectivity index (χ1v) is 11.9. The highest BCUT2D eigenvalue weighted by molar-refractivity contribution is 5.91. The Hall–Kier alpha value is -3.86. The first kappa shape index (κ1) is 24.3. The van der Waals surface area contributed by atoms with Crippen LogP contribution in [0.3, 0.4) is 0 Å². The molecule has 2 aliphatic rings. The third-order valence-electron chi connectivity index (χ3n) is 6.95. The van der Waals surface area contributed by atoms with Gasteiger partial charge in [-0.25, -0.2) is 9.59 Å². The number of amides is 2. The molecule has 2 atom stereocenters. The van der Waals surface area contributed by atoms with Crippen LogP contribution in [-0.2, 0) is 14.3 Å². The monoisotopic (exact) mass is 475 g/mol. The molecule has 0 radical (unpaired) electrons. The van der Waals surface area contributed by atoms with Gasteiger partial charge in [-0.15, -0.1) is 0 Å². The van der Waals surface area contributed by atoms with Crippen LogP contribution in [0.2, 0.25) is 0 Å². The minimum absolute atomic E-state index is 0.0985. The summed E-state index contributed by atoms with van der Waals surface area (Å²) in [6.07, 6.45) is 1.49. The van der Waals surface area contributed by atoms with Gasteiger partial charge in [-0.2, -0.15) is 5.26 Å². The molecule has 8 heteroatoms. The van der Waals surface area contributed by atoms with Crippen LogP contribution >= 0.6 is 0 Å². The highest BCUT2D eigenvalue weighted by Crippen LogP contribution is 2.44. The summed E-state index contributed by atoms with van der Waals surface area (Å²) in [5.41, 5.74) is 2.98. The minimum atomic E-state index is -1.40. The van der Waals surface area contributed by atoms with Crippen molar-refractivity contribution in [2.24, 2.45) is 5.92 Å². The molecule has 0 aliphatic heterocycles. The summed E-state index contributed by atoms with van der Waals surface area (Å²) in [5, 5.41) is 23.7. The van der Waals surface area contributed by atoms with Gasteiger partial charge >= 0.3 is 12.1 Å². The van der Waals surface area contributed by atoms with Crippen LogP contribution in [0.4, 0.5) is 4.79 Å². The molecule has 2 aliphatic carbocycles. The molecule has 2 unspecified atom stereocenters. The fourth-order valence-corrected chi connectivity index (χ4v) is 4.77. The Bertz CT molecular complexity index is 1120. The highest BCUT2D eigenvalue weighted by Gasteiger charge is 2.49. The number of nitriles is 1. The third-order valence-corrected chi connectivity index (χ3v) is 6.95. The zero-order chi connectivity index (χ0) is 25.0. The van der Waals surface area contributed by atoms with Gasteiger partial charge in [-0.1, -0.05) is 48.5 Å². The average Bonchev–Trinajstić information content (AvgIpc) is 3.66. The van der Waals surface area contributed by atoms with E-state index in [-0.39, 0.29) is 31.3 Å². The van der Waals surface area contributed by atoms with Crippen LogP contribution in [0.5, 0.6) is 0 Å². The average molecular weight is 476 g/mol. The van der Waals surface area contributed by atoms with Crippen molar-refractivity contribution in [2.75, 3.05) is 6.61 Å². The van der Waals surface area contributed by atoms with Crippen LogP contribution in [0, 0.1) is 17.2 Å². The van der Waals surface area contributed by atoms with E-state index in [1.807, 2.05) is 54.6 Å². The maximum absolute atomic E-state index is 13.0. The number of benzene rings is 2. The third kappa shape index (κ3) is 5.14. The first-order valence-electron chi connectivity index (χ1n) is 11.9. The molecule has 2 aromatic rings. The maximum Gasteiger partial charge on any atom is 0.407 e. The zero-order valence-electron chi connectivity index (χ0n) is 19.6. The van der Waals surface area contributed by atoms with Gasteiger partial charge in [-0.3, -0.25) is 4.79 Å². The lowest BCUT2D eigenvalue weighted by atomic mass is 9.95. The second-order valence-corrected chi connectivity index (χ2v) is 9.34. The lowest BCUT2D eigenvalue weighted by Crippen LogP contribution is -2.59. The number of aliphatic carboxylic acids is 1. The molecule has 35 heavy (non-hydrogen) atoms. The molecular weight excluding hydrogens is 446 g/mol. The number of fused-ring (bicyclic) bond motifs is 3. The number of carbonyl (C=O) groups is 3. The fourth-order valence-electron chi connectivity index (χ4n) is 4.77. The highest BCUT2D eigenvalue weighted by atomic mass is 16.5. The second-order valence-electron chi connectivity index (χ2n) is 9.34. The molecule has 182 valence electrons. The smallest absolute Gasteiger partial charge is 0.407 e. The summed E-state index contributed by atoms with van der Waals surface area (Å²) in [6.45, 7) is 1.59. The van der Waals surface area contributed by atoms with Gasteiger partial charge in [0.25, 0.3) is 0 Å². The Morgan fingerprint density at radius 2 is 1.71 bits per heavy atom. The standard InChI is InChI=1S/C27H29N3O5/c1-27(25(32)33,17-13-14-17)30-24(31)23(12-6-7-15-28)29-26(34)35-16-22-20-10-4-2-8-18(20)19-9-3-5-11-21(19)22/h2-5,8-11,17,22-23H,6-7,12-14,16H2,1H3,(H,29,34)(H,30,31)(H,32,33). The van der Waals surface area contributed by atoms with Crippen molar-refractivity contribution < 1.29 is 24.2 Å². The Morgan fingerprint density at radius 3 is 2.26 bits per heavy atom. The minimum Gasteiger partial charge on any atom is -0.480 e. The second kappa shape index (κ2) is 10.2. The number of nitrogens with zero attached hydrogens (tertiary/aromatic N) is 1. The predicted molar refractivity (Wildman–Crippen MR) is 128 cm³/mol. The molecule has 1 fully saturated rings. The van der Waals surface area contributed by atoms with E-state index in [1.54, 1.807) is 0 Å². The van der Waals surface area contributed by atoms with Crippen molar-refractivity contribution in [3.05, 3.63) is 59.7 Å². The van der Waals surface area contributed by atoms with E-state index in [0.29, 0.717) is 6.42 Å². The summed E-state index contributed by atoms with van der Waals surface area (Å²) in [4.78, 5) is 37.5. The Morgan fingerprint density at radius 1 is 1.11 bits per heavy atom. The van der Waals surface area contributed by atoms with Crippen LogP contribution in [0.1, 0.15) is 56.1 Å². The van der Waals surface area contributed by atoms with Crippen LogP contribution in [0.25, 0.3) is 11.1 Å². The summed E-state index contributed by atoms with van der Waals surface area (Å²) in [5.74, 6) is -1.96. The Balaban J connectivity index is 1.42. The predicted octanol–water partition coefficient (Wildman–Crippen LogP) is 3.96. The number of nitrogens with one attached hydrogen (secondary N) is 2. The van der Waals surface area contributed by atoms with E-state index in [0.717, 1.165) is 35.1 Å². The van der Waals surface area contributed by atoms with Crippen molar-refractivity contribution in [2.45, 2.75) is 56.5 Å². The molecule has 2 amide bonds. The summed E-state index contributed by atoms with van der Waals surface area (Å²) in [6, 6.07) is 17.0. The molecule has 0 aromatic heterocycles. The molecule has 8 nitrogen and oxygen atoms in total. The van der Waals surface area contributed by atoms with Gasteiger partial charge in [0.15, 0.2) is 0 Å². The normalized spacial score (nSPS) is 16.7. The van der Waals surface area contributed by atoms with Crippen LogP contribution in [-0.4, -0.2) is 41.3 Å². The lowest BCUT2D eigenvalue weighted by Gasteiger charge is -2.29. The van der Waals surface area contributed by atoms with Gasteiger partial charge in [0.05, 0.1) is 6.07 Å². The topological polar surface area (TPSA) is 129 Å². The number of carboxylic acid groups (broad SMARTS) is 1. The van der Waals surface area contributed by atoms with Crippen LogP contribution in [0.15, 0.2) is 48.5 Å². The number of alkyl carbamates (subject to hydrolysis) is 1. The van der Waals surface area contributed by atoms with Crippen LogP contribution < -0.4 is 10.6 Å². The molecular formula is C27H29N3O5. The molecule has 0 saturated heterocycles. The van der Waals surface area contributed by atoms with Gasteiger partial charge in [0, 0.05) is 12.3 Å². The Labute approximate surface area is 204 Å². The zero-order valence-corrected chi connectivity index (χ0v) is 19.6. The SMILES string of the molecule is CC(NC(=O)C(CCCC#N)NC(=O)OCC1c2ccccc2-c2ccccc21)(C(=O)O)C1CC1. The fraction of sp³-hybridized carbons (Fsp3) is 0.407. The van der Waals surface area contributed by atoms with Gasteiger partial charge in [-0.05, 0) is 60.8 Å². The number of hydrogen-bond donors (Lipinski definition) is 3. The quantitative estimate of drug-likeness (QED) is 0.446. The van der Waals surface area contributed by atoms with Gasteiger partial charge in [0.2, 0.25) is 5.91 Å². The Kier molecular flexibility index (Phi) is 7.06. The van der Waals surface area contributed by atoms with Gasteiger partial charge in [0.1, 0.15) is 18.2 Å². The van der Waals surface area contributed by atoms with Crippen molar-refractivity contribution in [3.63, 3.8) is 0 Å². The molecule has 0 heterocycles. The van der Waals surface area contributed by atoms with Gasteiger partial charge < -0.3 is 20.5 Å². The number of unbranched alkanes of at least 4 members (excludes halogenated alkanes) is 1. The van der Waals surface area contributed by atoms with Crippen molar-refractivity contribution >= 4 is 18.0 Å². The van der Waals surface area contributed by atoms with E-state index in [9.17, 15) is 19.5 Å².